The number of methoxy groups -OCH3 is 3. The van der Waals surface area contributed by atoms with Crippen molar-refractivity contribution < 1.29 is 52.2 Å². The van der Waals surface area contributed by atoms with Crippen molar-refractivity contribution in [2.45, 2.75) is 51.1 Å². The van der Waals surface area contributed by atoms with E-state index in [1.165, 1.54) is 0 Å². The Kier molecular flexibility index (Phi) is 18.6. The van der Waals surface area contributed by atoms with Crippen molar-refractivity contribution in [3.8, 4) is 28.7 Å². The summed E-state index contributed by atoms with van der Waals surface area (Å²) in [4.78, 5) is 38.8. The van der Waals surface area contributed by atoms with Gasteiger partial charge in [0.05, 0.1) is 103 Å². The highest BCUT2D eigenvalue weighted by Gasteiger charge is 2.33. The van der Waals surface area contributed by atoms with Crippen molar-refractivity contribution in [3.05, 3.63) is 107 Å². The highest BCUT2D eigenvalue weighted by atomic mass is 16.6. The van der Waals surface area contributed by atoms with E-state index in [1.807, 2.05) is 86.2 Å². The Bertz CT molecular complexity index is 2460. The van der Waals surface area contributed by atoms with Crippen LogP contribution in [0.2, 0.25) is 0 Å². The van der Waals surface area contributed by atoms with Gasteiger partial charge < -0.3 is 58.2 Å². The summed E-state index contributed by atoms with van der Waals surface area (Å²) in [6.45, 7) is 6.85. The molecule has 3 heterocycles. The minimum Gasteiger partial charge on any atom is -0.493 e. The first-order valence-corrected chi connectivity index (χ1v) is 23.3. The molecule has 16 heteroatoms. The van der Waals surface area contributed by atoms with Gasteiger partial charge in [-0.2, -0.15) is 0 Å². The van der Waals surface area contributed by atoms with Gasteiger partial charge in [-0.25, -0.2) is 0 Å². The van der Waals surface area contributed by atoms with E-state index in [2.05, 4.69) is 0 Å². The number of amides is 2. The molecule has 0 spiro atoms. The molecule has 1 unspecified atom stereocenters. The quantitative estimate of drug-likeness (QED) is 0.0250. The number of hydrogen-bond acceptors (Lipinski definition) is 14. The van der Waals surface area contributed by atoms with Gasteiger partial charge in [0.2, 0.25) is 6.41 Å². The first-order valence-electron chi connectivity index (χ1n) is 23.3. The SMILES string of the molecule is COCCOCCOCCOCCOc1ccc(C2=CN(C=O)C(/C=N\c3cc(OCCCCCOc4cc5c(cc4OC)C(=O)N4C=C(c6ccc(N)cc6)C[C@H]4C=N5)c(OC)cc3C)C2)cc1. The van der Waals surface area contributed by atoms with E-state index in [0.29, 0.717) is 119 Å². The number of aliphatic imine (C=N–C) groups is 2. The molecule has 0 saturated heterocycles. The van der Waals surface area contributed by atoms with E-state index in [4.69, 9.17) is 58.4 Å². The fourth-order valence-corrected chi connectivity index (χ4v) is 8.00. The van der Waals surface area contributed by atoms with Crippen LogP contribution < -0.4 is 29.4 Å². The molecule has 4 aromatic rings. The number of nitrogen functional groups attached to an aromatic ring is 1. The number of carbonyl (C=O) groups excluding carboxylic acids is 2. The highest BCUT2D eigenvalue weighted by molar-refractivity contribution is 6.05. The van der Waals surface area contributed by atoms with Crippen LogP contribution in [0, 0.1) is 6.92 Å². The molecule has 2 amide bonds. The Morgan fingerprint density at radius 1 is 0.681 bits per heavy atom. The summed E-state index contributed by atoms with van der Waals surface area (Å²) < 4.78 is 51.0. The van der Waals surface area contributed by atoms with E-state index < -0.39 is 0 Å². The molecule has 0 bridgehead atoms. The standard InChI is InChI=1S/C53H63N5O11/c1-37-26-49(62-3)51(30-47(37)55-32-43-27-40(34-57(43)36-59)39-10-14-45(15-11-39)67-25-24-66-23-22-65-21-20-64-19-18-61-2)68-16-6-5-7-17-69-52-31-48-46(29-50(52)63-4)53(60)58-35-41(28-44(58)33-56-48)38-8-12-42(54)13-9-38/h8-15,26,29-36,43-44H,5-7,16-25,27-28,54H2,1-4H3/b55-32-/t43?,44-/m0/s1. The Hall–Kier alpha value is -6.72. The van der Waals surface area contributed by atoms with Crippen LogP contribution in [0.1, 0.15) is 59.2 Å². The number of aryl methyl sites for hydroxylation is 1. The van der Waals surface area contributed by atoms with Crippen LogP contribution in [0.4, 0.5) is 17.1 Å². The first kappa shape index (κ1) is 50.2. The van der Waals surface area contributed by atoms with Crippen LogP contribution in [0.15, 0.2) is 95.2 Å². The van der Waals surface area contributed by atoms with Gasteiger partial charge in [-0.05, 0) is 90.4 Å². The van der Waals surface area contributed by atoms with Gasteiger partial charge in [0.1, 0.15) is 12.4 Å². The summed E-state index contributed by atoms with van der Waals surface area (Å²) in [5.41, 5.74) is 13.3. The van der Waals surface area contributed by atoms with Crippen LogP contribution >= 0.6 is 0 Å². The summed E-state index contributed by atoms with van der Waals surface area (Å²) in [5, 5.41) is 0. The lowest BCUT2D eigenvalue weighted by atomic mass is 10.0. The lowest BCUT2D eigenvalue weighted by Gasteiger charge is -2.19. The van der Waals surface area contributed by atoms with Crippen molar-refractivity contribution in [1.82, 2.24) is 9.80 Å². The fraction of sp³-hybridized carbons (Fsp3) is 0.396. The van der Waals surface area contributed by atoms with Crippen LogP contribution in [0.3, 0.4) is 0 Å². The molecule has 4 aromatic carbocycles. The summed E-state index contributed by atoms with van der Waals surface area (Å²) in [6.07, 6.45) is 11.9. The highest BCUT2D eigenvalue weighted by Crippen LogP contribution is 2.40. The predicted octanol–water partition coefficient (Wildman–Crippen LogP) is 8.24. The number of hydrogen-bond donors (Lipinski definition) is 1. The number of carbonyl (C=O) groups is 2. The second-order valence-electron chi connectivity index (χ2n) is 16.6. The average Bonchev–Trinajstić information content (AvgIpc) is 3.97. The molecule has 7 rings (SSSR count). The van der Waals surface area contributed by atoms with Crippen LogP contribution in [0.25, 0.3) is 11.1 Å². The molecular weight excluding hydrogens is 883 g/mol. The molecule has 3 aliphatic rings. The van der Waals surface area contributed by atoms with Gasteiger partial charge in [0.15, 0.2) is 23.0 Å². The number of nitrogens with two attached hydrogens (primary N) is 1. The van der Waals surface area contributed by atoms with Gasteiger partial charge in [-0.1, -0.05) is 24.3 Å². The zero-order valence-corrected chi connectivity index (χ0v) is 39.9. The van der Waals surface area contributed by atoms with Crippen LogP contribution in [-0.2, 0) is 23.7 Å². The smallest absolute Gasteiger partial charge is 0.260 e. The Labute approximate surface area is 404 Å². The lowest BCUT2D eigenvalue weighted by molar-refractivity contribution is -0.116. The largest absolute Gasteiger partial charge is 0.493 e. The minimum absolute atomic E-state index is 0.143. The minimum atomic E-state index is -0.253. The second kappa shape index (κ2) is 25.6. The van der Waals surface area contributed by atoms with Crippen molar-refractivity contribution in [2.24, 2.45) is 9.98 Å². The second-order valence-corrected chi connectivity index (χ2v) is 16.6. The molecule has 366 valence electrons. The van der Waals surface area contributed by atoms with E-state index in [1.54, 1.807) is 49.5 Å². The number of anilines is 1. The molecule has 0 aromatic heterocycles. The molecular formula is C53H63N5O11. The summed E-state index contributed by atoms with van der Waals surface area (Å²) in [5.74, 6) is 2.80. The maximum atomic E-state index is 13.7. The number of fused-ring (bicyclic) bond motifs is 2. The molecule has 69 heavy (non-hydrogen) atoms. The lowest BCUT2D eigenvalue weighted by Crippen LogP contribution is -2.32. The average molecular weight is 946 g/mol. The zero-order valence-electron chi connectivity index (χ0n) is 39.9. The Morgan fingerprint density at radius 2 is 1.29 bits per heavy atom. The van der Waals surface area contributed by atoms with Crippen molar-refractivity contribution in [3.63, 3.8) is 0 Å². The number of ether oxygens (including phenoxy) is 9. The molecule has 16 nitrogen and oxygen atoms in total. The Balaban J connectivity index is 0.836. The number of nitrogens with zero attached hydrogens (tertiary/aromatic N) is 4. The molecule has 2 atom stereocenters. The molecule has 2 N–H and O–H groups in total. The molecule has 0 aliphatic carbocycles. The fourth-order valence-electron chi connectivity index (χ4n) is 8.00. The van der Waals surface area contributed by atoms with Gasteiger partial charge >= 0.3 is 0 Å². The molecule has 0 fully saturated rings. The summed E-state index contributed by atoms with van der Waals surface area (Å²) in [6, 6.07) is 22.3. The third-order valence-electron chi connectivity index (χ3n) is 11.8. The number of unbranched alkanes of at least 4 members (excludes halogenated alkanes) is 2. The summed E-state index contributed by atoms with van der Waals surface area (Å²) >= 11 is 0. The van der Waals surface area contributed by atoms with E-state index >= 15 is 0 Å². The van der Waals surface area contributed by atoms with E-state index in [9.17, 15) is 9.59 Å². The molecule has 3 aliphatic heterocycles. The number of benzene rings is 4. The van der Waals surface area contributed by atoms with E-state index in [0.717, 1.165) is 64.9 Å². The third kappa shape index (κ3) is 13.7. The Morgan fingerprint density at radius 3 is 1.94 bits per heavy atom. The summed E-state index contributed by atoms with van der Waals surface area (Å²) in [7, 11) is 4.82. The third-order valence-corrected chi connectivity index (χ3v) is 11.8. The van der Waals surface area contributed by atoms with Gasteiger partial charge in [-0.15, -0.1) is 0 Å². The number of rotatable bonds is 28. The maximum Gasteiger partial charge on any atom is 0.260 e. The topological polar surface area (TPSA) is 174 Å². The van der Waals surface area contributed by atoms with Crippen molar-refractivity contribution >= 4 is 53.0 Å². The molecule has 0 radical (unpaired) electrons. The first-order chi connectivity index (χ1) is 33.8. The van der Waals surface area contributed by atoms with Crippen LogP contribution in [0.5, 0.6) is 28.7 Å². The predicted molar refractivity (Wildman–Crippen MR) is 266 cm³/mol. The molecule has 0 saturated carbocycles. The van der Waals surface area contributed by atoms with Crippen molar-refractivity contribution in [2.75, 3.05) is 93.1 Å². The zero-order chi connectivity index (χ0) is 48.4. The van der Waals surface area contributed by atoms with Crippen molar-refractivity contribution in [1.29, 1.82) is 0 Å². The maximum absolute atomic E-state index is 13.7. The van der Waals surface area contributed by atoms with Gasteiger partial charge in [0.25, 0.3) is 5.91 Å². The van der Waals surface area contributed by atoms with Gasteiger partial charge in [-0.3, -0.25) is 19.6 Å². The van der Waals surface area contributed by atoms with Crippen LogP contribution in [-0.4, -0.2) is 134 Å². The van der Waals surface area contributed by atoms with E-state index in [-0.39, 0.29) is 18.0 Å². The van der Waals surface area contributed by atoms with Gasteiger partial charge in [0, 0.05) is 62.6 Å². The normalized spacial score (nSPS) is 16.3. The monoisotopic (exact) mass is 945 g/mol.